The molecule has 0 atom stereocenters. The molecule has 0 bridgehead atoms. The second-order valence-corrected chi connectivity index (χ2v) is 4.82. The first kappa shape index (κ1) is 13.4. The summed E-state index contributed by atoms with van der Waals surface area (Å²) in [4.78, 5) is 23.3. The Morgan fingerprint density at radius 3 is 2.84 bits per heavy atom. The van der Waals surface area contributed by atoms with Crippen molar-refractivity contribution < 1.29 is 13.9 Å². The summed E-state index contributed by atoms with van der Waals surface area (Å²) < 4.78 is 11.4. The van der Waals surface area contributed by atoms with E-state index >= 15 is 0 Å². The molecule has 1 heterocycles. The van der Waals surface area contributed by atoms with E-state index in [2.05, 4.69) is 13.8 Å². The van der Waals surface area contributed by atoms with Crippen LogP contribution in [0.3, 0.4) is 0 Å². The average molecular weight is 263 g/mol. The lowest BCUT2D eigenvalue weighted by Crippen LogP contribution is -2.22. The fourth-order valence-corrected chi connectivity index (χ4v) is 1.75. The van der Waals surface area contributed by atoms with Gasteiger partial charge in [0.1, 0.15) is 6.54 Å². The monoisotopic (exact) mass is 263 g/mol. The molecule has 1 aromatic heterocycles. The minimum absolute atomic E-state index is 0.117. The second-order valence-electron chi connectivity index (χ2n) is 4.82. The number of rotatable bonds is 5. The highest BCUT2D eigenvalue weighted by Crippen LogP contribution is 2.11. The van der Waals surface area contributed by atoms with E-state index in [1.165, 1.54) is 4.57 Å². The summed E-state index contributed by atoms with van der Waals surface area (Å²) >= 11 is 0. The topological polar surface area (TPSA) is 61.4 Å². The first-order valence-electron chi connectivity index (χ1n) is 6.32. The van der Waals surface area contributed by atoms with Crippen LogP contribution >= 0.6 is 0 Å². The van der Waals surface area contributed by atoms with Gasteiger partial charge in [-0.3, -0.25) is 9.36 Å². The van der Waals surface area contributed by atoms with Crippen LogP contribution in [0.2, 0.25) is 0 Å². The number of aromatic nitrogens is 1. The zero-order valence-electron chi connectivity index (χ0n) is 11.1. The van der Waals surface area contributed by atoms with Gasteiger partial charge in [-0.05, 0) is 24.5 Å². The maximum absolute atomic E-state index is 11.7. The highest BCUT2D eigenvalue weighted by Gasteiger charge is 2.13. The molecule has 0 saturated heterocycles. The van der Waals surface area contributed by atoms with Crippen molar-refractivity contribution in [3.8, 4) is 0 Å². The molecule has 2 rings (SSSR count). The number of esters is 1. The Hall–Kier alpha value is -2.04. The predicted octanol–water partition coefficient (Wildman–Crippen LogP) is 2.18. The maximum Gasteiger partial charge on any atom is 0.420 e. The number of ether oxygens (including phenoxy) is 1. The summed E-state index contributed by atoms with van der Waals surface area (Å²) in [5.41, 5.74) is 1.08. The van der Waals surface area contributed by atoms with Crippen LogP contribution in [-0.2, 0) is 16.1 Å². The quantitative estimate of drug-likeness (QED) is 0.776. The molecular weight excluding hydrogens is 246 g/mol. The number of fused-ring (bicyclic) bond motifs is 1. The Bertz CT molecular complexity index is 624. The second kappa shape index (κ2) is 5.73. The average Bonchev–Trinajstić information content (AvgIpc) is 2.66. The molecule has 0 radical (unpaired) electrons. The Labute approximate surface area is 110 Å². The van der Waals surface area contributed by atoms with E-state index in [9.17, 15) is 9.59 Å². The number of carbonyl (C=O) groups is 1. The van der Waals surface area contributed by atoms with Crippen molar-refractivity contribution in [2.75, 3.05) is 6.61 Å². The van der Waals surface area contributed by atoms with Crippen LogP contribution in [-0.4, -0.2) is 17.1 Å². The zero-order chi connectivity index (χ0) is 13.8. The molecule has 0 unspecified atom stereocenters. The van der Waals surface area contributed by atoms with E-state index in [0.29, 0.717) is 23.6 Å². The molecular formula is C14H17NO4. The van der Waals surface area contributed by atoms with E-state index in [1.807, 2.05) is 0 Å². The number of oxazole rings is 1. The first-order valence-corrected chi connectivity index (χ1v) is 6.32. The van der Waals surface area contributed by atoms with E-state index < -0.39 is 11.7 Å². The Kier molecular flexibility index (Phi) is 4.04. The number of carbonyl (C=O) groups excluding carboxylic acids is 1. The molecule has 2 aromatic rings. The van der Waals surface area contributed by atoms with E-state index in [-0.39, 0.29) is 6.54 Å². The van der Waals surface area contributed by atoms with Gasteiger partial charge in [-0.15, -0.1) is 0 Å². The smallest absolute Gasteiger partial charge is 0.420 e. The van der Waals surface area contributed by atoms with E-state index in [1.54, 1.807) is 24.3 Å². The fraction of sp³-hybridized carbons (Fsp3) is 0.429. The van der Waals surface area contributed by atoms with Gasteiger partial charge in [0.05, 0.1) is 12.1 Å². The zero-order valence-corrected chi connectivity index (χ0v) is 11.1. The normalized spacial score (nSPS) is 11.1. The Balaban J connectivity index is 2.07. The highest BCUT2D eigenvalue weighted by atomic mass is 16.5. The molecule has 0 N–H and O–H groups in total. The van der Waals surface area contributed by atoms with Gasteiger partial charge in [-0.2, -0.15) is 0 Å². The van der Waals surface area contributed by atoms with Crippen LogP contribution < -0.4 is 5.76 Å². The van der Waals surface area contributed by atoms with Crippen molar-refractivity contribution in [2.45, 2.75) is 26.8 Å². The molecule has 0 saturated carbocycles. The van der Waals surface area contributed by atoms with Gasteiger partial charge in [0.25, 0.3) is 0 Å². The predicted molar refractivity (Wildman–Crippen MR) is 70.9 cm³/mol. The van der Waals surface area contributed by atoms with Gasteiger partial charge in [0.15, 0.2) is 5.58 Å². The molecule has 5 heteroatoms. The van der Waals surface area contributed by atoms with Crippen LogP contribution in [0, 0.1) is 5.92 Å². The number of hydrogen-bond acceptors (Lipinski definition) is 4. The van der Waals surface area contributed by atoms with Crippen molar-refractivity contribution in [1.82, 2.24) is 4.57 Å². The minimum Gasteiger partial charge on any atom is -0.464 e. The van der Waals surface area contributed by atoms with Crippen LogP contribution in [0.4, 0.5) is 0 Å². The lowest BCUT2D eigenvalue weighted by atomic mass is 10.1. The van der Waals surface area contributed by atoms with E-state index in [4.69, 9.17) is 9.15 Å². The van der Waals surface area contributed by atoms with E-state index in [0.717, 1.165) is 6.42 Å². The molecule has 0 aliphatic rings. The van der Waals surface area contributed by atoms with Crippen molar-refractivity contribution in [3.05, 3.63) is 34.8 Å². The van der Waals surface area contributed by atoms with Gasteiger partial charge in [-0.25, -0.2) is 4.79 Å². The number of benzene rings is 1. The number of para-hydroxylation sites is 2. The summed E-state index contributed by atoms with van der Waals surface area (Å²) in [6.45, 7) is 4.37. The van der Waals surface area contributed by atoms with Crippen molar-refractivity contribution >= 4 is 17.1 Å². The summed E-state index contributed by atoms with van der Waals surface area (Å²) in [5, 5.41) is 0. The number of nitrogens with zero attached hydrogens (tertiary/aromatic N) is 1. The highest BCUT2D eigenvalue weighted by molar-refractivity contribution is 5.76. The molecule has 0 fully saturated rings. The van der Waals surface area contributed by atoms with Gasteiger partial charge in [0.2, 0.25) is 0 Å². The van der Waals surface area contributed by atoms with Gasteiger partial charge in [-0.1, -0.05) is 26.0 Å². The van der Waals surface area contributed by atoms with Crippen LogP contribution in [0.1, 0.15) is 20.3 Å². The molecule has 0 spiro atoms. The van der Waals surface area contributed by atoms with Crippen LogP contribution in [0.25, 0.3) is 11.1 Å². The molecule has 19 heavy (non-hydrogen) atoms. The van der Waals surface area contributed by atoms with Crippen molar-refractivity contribution in [2.24, 2.45) is 5.92 Å². The summed E-state index contributed by atoms with van der Waals surface area (Å²) in [6.07, 6.45) is 0.812. The van der Waals surface area contributed by atoms with Crippen LogP contribution in [0.15, 0.2) is 33.5 Å². The fourth-order valence-electron chi connectivity index (χ4n) is 1.75. The molecule has 102 valence electrons. The Morgan fingerprint density at radius 2 is 2.11 bits per heavy atom. The third-order valence-corrected chi connectivity index (χ3v) is 2.82. The van der Waals surface area contributed by atoms with Gasteiger partial charge >= 0.3 is 11.7 Å². The largest absolute Gasteiger partial charge is 0.464 e. The third kappa shape index (κ3) is 3.24. The molecule has 0 aliphatic carbocycles. The molecule has 5 nitrogen and oxygen atoms in total. The number of hydrogen-bond donors (Lipinski definition) is 0. The minimum atomic E-state index is -0.540. The Morgan fingerprint density at radius 1 is 1.37 bits per heavy atom. The standard InChI is InChI=1S/C14H17NO4/c1-10(2)7-8-18-13(16)9-15-11-5-3-4-6-12(11)19-14(15)17/h3-6,10H,7-9H2,1-2H3. The third-order valence-electron chi connectivity index (χ3n) is 2.82. The summed E-state index contributed by atoms with van der Waals surface area (Å²) in [5.74, 6) is -0.485. The maximum atomic E-state index is 11.7. The van der Waals surface area contributed by atoms with Gasteiger partial charge in [0, 0.05) is 0 Å². The first-order chi connectivity index (χ1) is 9.08. The molecule has 1 aromatic carbocycles. The van der Waals surface area contributed by atoms with Gasteiger partial charge < -0.3 is 9.15 Å². The lowest BCUT2D eigenvalue weighted by Gasteiger charge is -2.06. The molecule has 0 aliphatic heterocycles. The van der Waals surface area contributed by atoms with Crippen LogP contribution in [0.5, 0.6) is 0 Å². The SMILES string of the molecule is CC(C)CCOC(=O)Cn1c(=O)oc2ccccc21. The molecule has 0 amide bonds. The van der Waals surface area contributed by atoms with Crippen molar-refractivity contribution in [1.29, 1.82) is 0 Å². The lowest BCUT2D eigenvalue weighted by molar-refractivity contribution is -0.144. The summed E-state index contributed by atoms with van der Waals surface area (Å²) in [7, 11) is 0. The van der Waals surface area contributed by atoms with Crippen molar-refractivity contribution in [3.63, 3.8) is 0 Å². The summed E-state index contributed by atoms with van der Waals surface area (Å²) in [6, 6.07) is 6.99.